The van der Waals surface area contributed by atoms with Gasteiger partial charge in [0.2, 0.25) is 0 Å². The zero-order chi connectivity index (χ0) is 13.8. The van der Waals surface area contributed by atoms with Gasteiger partial charge in [-0.15, -0.1) is 0 Å². The lowest BCUT2D eigenvalue weighted by Crippen LogP contribution is -2.19. The van der Waals surface area contributed by atoms with E-state index < -0.39 is 0 Å². The molecule has 3 nitrogen and oxygen atoms in total. The molecule has 1 aromatic heterocycles. The second kappa shape index (κ2) is 6.12. The zero-order valence-corrected chi connectivity index (χ0v) is 12.1. The minimum Gasteiger partial charge on any atom is -0.384 e. The molecule has 2 rings (SSSR count). The number of halogens is 2. The van der Waals surface area contributed by atoms with Crippen LogP contribution in [-0.2, 0) is 6.42 Å². The fourth-order valence-corrected chi connectivity index (χ4v) is 2.50. The number of pyridine rings is 1. The summed E-state index contributed by atoms with van der Waals surface area (Å²) in [6, 6.07) is 8.66. The molecule has 1 atom stereocenters. The Balaban J connectivity index is 2.24. The van der Waals surface area contributed by atoms with Crippen molar-refractivity contribution in [1.29, 1.82) is 0 Å². The van der Waals surface area contributed by atoms with Crippen LogP contribution < -0.4 is 11.1 Å². The van der Waals surface area contributed by atoms with Crippen molar-refractivity contribution in [3.63, 3.8) is 0 Å². The fraction of sp³-hybridized carbons (Fsp3) is 0.214. The number of rotatable bonds is 4. The highest BCUT2D eigenvalue weighted by atomic mass is 79.9. The molecule has 0 saturated heterocycles. The van der Waals surface area contributed by atoms with Crippen LogP contribution in [0.15, 0.2) is 41.0 Å². The summed E-state index contributed by atoms with van der Waals surface area (Å²) < 4.78 is 14.2. The lowest BCUT2D eigenvalue weighted by molar-refractivity contribution is 0.576. The van der Waals surface area contributed by atoms with Gasteiger partial charge in [-0.3, -0.25) is 0 Å². The molecule has 2 aromatic rings. The first-order valence-electron chi connectivity index (χ1n) is 5.92. The molecule has 0 aliphatic carbocycles. The fourth-order valence-electron chi connectivity index (χ4n) is 2.02. The van der Waals surface area contributed by atoms with Crippen molar-refractivity contribution in [2.75, 3.05) is 12.8 Å². The summed E-state index contributed by atoms with van der Waals surface area (Å²) >= 11 is 3.31. The summed E-state index contributed by atoms with van der Waals surface area (Å²) in [5, 5.41) is 3.19. The van der Waals surface area contributed by atoms with Crippen LogP contribution in [0.25, 0.3) is 0 Å². The van der Waals surface area contributed by atoms with E-state index >= 15 is 0 Å². The highest BCUT2D eigenvalue weighted by Gasteiger charge is 2.12. The third-order valence-corrected chi connectivity index (χ3v) is 3.38. The second-order valence-electron chi connectivity index (χ2n) is 4.34. The number of nitrogens with two attached hydrogens (primary N) is 1. The van der Waals surface area contributed by atoms with E-state index in [9.17, 15) is 4.39 Å². The maximum Gasteiger partial charge on any atom is 0.124 e. The summed E-state index contributed by atoms with van der Waals surface area (Å²) in [5.74, 6) is 0.242. The average molecular weight is 324 g/mol. The average Bonchev–Trinajstić information content (AvgIpc) is 2.34. The van der Waals surface area contributed by atoms with E-state index in [1.54, 1.807) is 6.20 Å². The van der Waals surface area contributed by atoms with Gasteiger partial charge in [-0.25, -0.2) is 9.37 Å². The molecule has 0 fully saturated rings. The number of hydrogen-bond donors (Lipinski definition) is 2. The predicted octanol–water partition coefficient (Wildman–Crippen LogP) is 3.07. The van der Waals surface area contributed by atoms with Crippen LogP contribution in [0.4, 0.5) is 10.2 Å². The lowest BCUT2D eigenvalue weighted by Gasteiger charge is -2.17. The first-order chi connectivity index (χ1) is 9.08. The van der Waals surface area contributed by atoms with Crippen molar-refractivity contribution in [3.8, 4) is 0 Å². The Bertz CT molecular complexity index is 554. The van der Waals surface area contributed by atoms with Crippen molar-refractivity contribution in [2.45, 2.75) is 12.5 Å². The van der Waals surface area contributed by atoms with Crippen LogP contribution in [0.5, 0.6) is 0 Å². The number of likely N-dealkylation sites (N-methyl/N-ethyl adjacent to an activating group) is 1. The molecule has 0 amide bonds. The number of hydrogen-bond acceptors (Lipinski definition) is 3. The molecule has 3 N–H and O–H groups in total. The van der Waals surface area contributed by atoms with Gasteiger partial charge in [-0.1, -0.05) is 15.9 Å². The minimum atomic E-state index is -0.251. The summed E-state index contributed by atoms with van der Waals surface area (Å²) in [6.45, 7) is 0. The van der Waals surface area contributed by atoms with E-state index in [2.05, 4.69) is 26.2 Å². The molecule has 19 heavy (non-hydrogen) atoms. The molecule has 1 unspecified atom stereocenters. The predicted molar refractivity (Wildman–Crippen MR) is 78.3 cm³/mol. The van der Waals surface area contributed by atoms with E-state index in [4.69, 9.17) is 5.73 Å². The van der Waals surface area contributed by atoms with Gasteiger partial charge in [0.25, 0.3) is 0 Å². The van der Waals surface area contributed by atoms with E-state index in [1.165, 1.54) is 12.1 Å². The van der Waals surface area contributed by atoms with E-state index in [-0.39, 0.29) is 11.9 Å². The molecule has 1 aromatic carbocycles. The normalized spacial score (nSPS) is 12.4. The first kappa shape index (κ1) is 14.0. The molecule has 0 saturated carbocycles. The van der Waals surface area contributed by atoms with Gasteiger partial charge in [0, 0.05) is 16.7 Å². The van der Waals surface area contributed by atoms with Crippen LogP contribution in [-0.4, -0.2) is 12.0 Å². The van der Waals surface area contributed by atoms with Crippen molar-refractivity contribution < 1.29 is 4.39 Å². The van der Waals surface area contributed by atoms with Gasteiger partial charge in [0.15, 0.2) is 0 Å². The Morgan fingerprint density at radius 2 is 2.16 bits per heavy atom. The van der Waals surface area contributed by atoms with Gasteiger partial charge in [-0.2, -0.15) is 0 Å². The van der Waals surface area contributed by atoms with Crippen LogP contribution in [0.3, 0.4) is 0 Å². The SMILES string of the molecule is CNC(Cc1ccnc(N)c1)c1cc(F)cc(Br)c1. The summed E-state index contributed by atoms with van der Waals surface area (Å²) in [7, 11) is 1.86. The second-order valence-corrected chi connectivity index (χ2v) is 5.25. The minimum absolute atomic E-state index is 0.0220. The largest absolute Gasteiger partial charge is 0.384 e. The van der Waals surface area contributed by atoms with Gasteiger partial charge in [0.05, 0.1) is 0 Å². The van der Waals surface area contributed by atoms with Crippen molar-refractivity contribution in [2.24, 2.45) is 0 Å². The Morgan fingerprint density at radius 3 is 2.79 bits per heavy atom. The molecular weight excluding hydrogens is 309 g/mol. The number of nitrogens with zero attached hydrogens (tertiary/aromatic N) is 1. The van der Waals surface area contributed by atoms with Gasteiger partial charge >= 0.3 is 0 Å². The molecule has 5 heteroatoms. The number of benzene rings is 1. The van der Waals surface area contributed by atoms with Crippen molar-refractivity contribution in [3.05, 3.63) is 57.9 Å². The smallest absolute Gasteiger partial charge is 0.124 e. The number of nitrogens with one attached hydrogen (secondary N) is 1. The maximum absolute atomic E-state index is 13.4. The number of nitrogen functional groups attached to an aromatic ring is 1. The Labute approximate surface area is 120 Å². The first-order valence-corrected chi connectivity index (χ1v) is 6.71. The summed E-state index contributed by atoms with van der Waals surface area (Å²) in [5.41, 5.74) is 7.62. The van der Waals surface area contributed by atoms with Gasteiger partial charge in [-0.05, 0) is 54.9 Å². The van der Waals surface area contributed by atoms with Crippen LogP contribution in [0, 0.1) is 5.82 Å². The molecule has 1 heterocycles. The summed E-state index contributed by atoms with van der Waals surface area (Å²) in [6.07, 6.45) is 2.40. The van der Waals surface area contributed by atoms with Gasteiger partial charge in [0.1, 0.15) is 11.6 Å². The summed E-state index contributed by atoms with van der Waals surface area (Å²) in [4.78, 5) is 3.96. The Morgan fingerprint density at radius 1 is 1.37 bits per heavy atom. The lowest BCUT2D eigenvalue weighted by atomic mass is 9.99. The van der Waals surface area contributed by atoms with Gasteiger partial charge < -0.3 is 11.1 Å². The van der Waals surface area contributed by atoms with Crippen LogP contribution in [0.1, 0.15) is 17.2 Å². The molecule has 0 spiro atoms. The van der Waals surface area contributed by atoms with Crippen molar-refractivity contribution in [1.82, 2.24) is 10.3 Å². The number of anilines is 1. The zero-order valence-electron chi connectivity index (χ0n) is 10.5. The third kappa shape index (κ3) is 3.75. The maximum atomic E-state index is 13.4. The quantitative estimate of drug-likeness (QED) is 0.909. The molecule has 0 radical (unpaired) electrons. The standard InChI is InChI=1S/C14H15BrFN3/c1-18-13(4-9-2-3-19-14(17)5-9)10-6-11(15)8-12(16)7-10/h2-3,5-8,13,18H,4H2,1H3,(H2,17,19). The van der Waals surface area contributed by atoms with Crippen LogP contribution in [0.2, 0.25) is 0 Å². The molecule has 0 bridgehead atoms. The topological polar surface area (TPSA) is 50.9 Å². The number of aromatic nitrogens is 1. The highest BCUT2D eigenvalue weighted by Crippen LogP contribution is 2.23. The highest BCUT2D eigenvalue weighted by molar-refractivity contribution is 9.10. The Hall–Kier alpha value is -1.46. The molecular formula is C14H15BrFN3. The third-order valence-electron chi connectivity index (χ3n) is 2.92. The molecule has 0 aliphatic rings. The van der Waals surface area contributed by atoms with Crippen LogP contribution >= 0.6 is 15.9 Å². The van der Waals surface area contributed by atoms with E-state index in [1.807, 2.05) is 25.2 Å². The molecule has 100 valence electrons. The Kier molecular flexibility index (Phi) is 4.50. The van der Waals surface area contributed by atoms with E-state index in [0.717, 1.165) is 22.0 Å². The van der Waals surface area contributed by atoms with E-state index in [0.29, 0.717) is 5.82 Å². The van der Waals surface area contributed by atoms with Crippen molar-refractivity contribution >= 4 is 21.7 Å². The molecule has 0 aliphatic heterocycles. The monoisotopic (exact) mass is 323 g/mol.